The summed E-state index contributed by atoms with van der Waals surface area (Å²) in [7, 11) is -1.32. The van der Waals surface area contributed by atoms with Crippen molar-refractivity contribution < 1.29 is 42.7 Å². The standard InChI is InChI=1S/C45H59F3N2O6Si/c1-57(2,3)27-26-54-30-49(24-18-37(32-8-5-4-6-9-32)55-35-15-13-34(14-16-35)45(46,47)48)23-7-19-42(52)20-21-44(53)38-28-33-12-17-36(51)40-39(33)43(44,41(42)56-40)22-25-50(38)29-31-10-11-31/h4-6,8-9,12-17,31,37-38,41,51-53H,7,10-11,18-30H2,1-3H3/t37?,38-,41+,42+,43+,44-/m1/s1. The van der Waals surface area contributed by atoms with Gasteiger partial charge in [-0.25, -0.2) is 0 Å². The van der Waals surface area contributed by atoms with Crippen LogP contribution in [0.4, 0.5) is 13.2 Å². The molecule has 3 N–H and O–H groups in total. The van der Waals surface area contributed by atoms with Crippen LogP contribution in [0.1, 0.15) is 79.7 Å². The van der Waals surface area contributed by atoms with Gasteiger partial charge in [-0.2, -0.15) is 13.2 Å². The molecule has 8 rings (SSSR count). The predicted octanol–water partition coefficient (Wildman–Crippen LogP) is 8.31. The summed E-state index contributed by atoms with van der Waals surface area (Å²) in [6.45, 7) is 11.1. The molecule has 1 unspecified atom stereocenters. The number of halogens is 3. The van der Waals surface area contributed by atoms with Gasteiger partial charge in [-0.3, -0.25) is 9.80 Å². The summed E-state index contributed by atoms with van der Waals surface area (Å²) in [4.78, 5) is 4.74. The molecule has 2 bridgehead atoms. The van der Waals surface area contributed by atoms with E-state index in [1.165, 1.54) is 25.0 Å². The molecule has 6 atom stereocenters. The number of piperidine rings is 1. The average molecular weight is 809 g/mol. The van der Waals surface area contributed by atoms with E-state index in [0.29, 0.717) is 88.8 Å². The Morgan fingerprint density at radius 1 is 0.965 bits per heavy atom. The van der Waals surface area contributed by atoms with Crippen LogP contribution in [0, 0.1) is 5.92 Å². The number of phenolic OH excluding ortho intramolecular Hbond substituents is 1. The molecule has 1 saturated heterocycles. The quantitative estimate of drug-likeness (QED) is 0.0713. The summed E-state index contributed by atoms with van der Waals surface area (Å²) in [6.07, 6.45) is 0.858. The molecule has 5 aliphatic rings. The number of alkyl halides is 3. The number of hydrogen-bond acceptors (Lipinski definition) is 8. The maximum absolute atomic E-state index is 13.3. The monoisotopic (exact) mass is 808 g/mol. The van der Waals surface area contributed by atoms with Crippen LogP contribution < -0.4 is 9.47 Å². The highest BCUT2D eigenvalue weighted by atomic mass is 28.3. The molecule has 57 heavy (non-hydrogen) atoms. The van der Waals surface area contributed by atoms with Gasteiger partial charge in [0.25, 0.3) is 0 Å². The van der Waals surface area contributed by atoms with Crippen molar-refractivity contribution in [3.8, 4) is 17.2 Å². The van der Waals surface area contributed by atoms with Gasteiger partial charge in [0.15, 0.2) is 11.5 Å². The average Bonchev–Trinajstić information content (AvgIpc) is 3.91. The van der Waals surface area contributed by atoms with Crippen molar-refractivity contribution in [2.24, 2.45) is 5.92 Å². The van der Waals surface area contributed by atoms with Gasteiger partial charge in [0.1, 0.15) is 23.6 Å². The lowest BCUT2D eigenvalue weighted by Gasteiger charge is -2.65. The minimum Gasteiger partial charge on any atom is -0.504 e. The van der Waals surface area contributed by atoms with Crippen molar-refractivity contribution in [1.29, 1.82) is 0 Å². The van der Waals surface area contributed by atoms with E-state index in [9.17, 15) is 28.5 Å². The van der Waals surface area contributed by atoms with E-state index >= 15 is 0 Å². The maximum atomic E-state index is 13.3. The van der Waals surface area contributed by atoms with E-state index in [2.05, 4.69) is 29.4 Å². The summed E-state index contributed by atoms with van der Waals surface area (Å²) in [5.41, 5.74) is -0.870. The molecular weight excluding hydrogens is 750 g/mol. The van der Waals surface area contributed by atoms with Gasteiger partial charge in [-0.15, -0.1) is 0 Å². The van der Waals surface area contributed by atoms with Crippen LogP contribution in [0.2, 0.25) is 25.7 Å². The van der Waals surface area contributed by atoms with Gasteiger partial charge in [-0.05, 0) is 111 Å². The zero-order chi connectivity index (χ0) is 40.2. The van der Waals surface area contributed by atoms with E-state index in [4.69, 9.17) is 14.2 Å². The minimum atomic E-state index is -4.43. The lowest BCUT2D eigenvalue weighted by molar-refractivity contribution is -0.237. The molecule has 2 aliphatic heterocycles. The van der Waals surface area contributed by atoms with Crippen LogP contribution in [0.5, 0.6) is 17.2 Å². The third kappa shape index (κ3) is 7.99. The lowest BCUT2D eigenvalue weighted by atomic mass is 9.46. The highest BCUT2D eigenvalue weighted by Crippen LogP contribution is 2.67. The fraction of sp³-hybridized carbons (Fsp3) is 0.600. The number of nitrogens with zero attached hydrogens (tertiary/aromatic N) is 2. The van der Waals surface area contributed by atoms with Crippen LogP contribution >= 0.6 is 0 Å². The molecule has 0 radical (unpaired) electrons. The van der Waals surface area contributed by atoms with Crippen molar-refractivity contribution in [3.05, 3.63) is 89.0 Å². The Morgan fingerprint density at radius 3 is 2.42 bits per heavy atom. The first-order valence-electron chi connectivity index (χ1n) is 21.0. The third-order valence-corrected chi connectivity index (χ3v) is 15.3. The first kappa shape index (κ1) is 40.6. The zero-order valence-corrected chi connectivity index (χ0v) is 34.6. The Balaban J connectivity index is 0.990. The van der Waals surface area contributed by atoms with E-state index in [-0.39, 0.29) is 11.8 Å². The minimum absolute atomic E-state index is 0.0587. The molecule has 12 heteroatoms. The molecule has 8 nitrogen and oxygen atoms in total. The number of phenols is 1. The van der Waals surface area contributed by atoms with Crippen LogP contribution in [-0.2, 0) is 22.7 Å². The van der Waals surface area contributed by atoms with Crippen molar-refractivity contribution in [1.82, 2.24) is 9.80 Å². The second-order valence-corrected chi connectivity index (χ2v) is 24.4. The van der Waals surface area contributed by atoms with E-state index in [1.807, 2.05) is 36.4 Å². The molecule has 2 heterocycles. The second-order valence-electron chi connectivity index (χ2n) is 18.8. The van der Waals surface area contributed by atoms with Gasteiger partial charge in [-0.1, -0.05) is 56.0 Å². The molecule has 3 aromatic rings. The van der Waals surface area contributed by atoms with Gasteiger partial charge in [0.05, 0.1) is 23.3 Å². The number of aromatic hydroxyl groups is 1. The molecule has 0 aromatic heterocycles. The first-order chi connectivity index (χ1) is 27.1. The first-order valence-corrected chi connectivity index (χ1v) is 24.7. The van der Waals surface area contributed by atoms with E-state index < -0.39 is 48.6 Å². The smallest absolute Gasteiger partial charge is 0.416 e. The molecule has 2 saturated carbocycles. The number of likely N-dealkylation sites (tertiary alicyclic amines) is 1. The highest BCUT2D eigenvalue weighted by Gasteiger charge is 2.75. The summed E-state index contributed by atoms with van der Waals surface area (Å²) in [5, 5.41) is 36.7. The van der Waals surface area contributed by atoms with E-state index in [0.717, 1.165) is 48.0 Å². The Bertz CT molecular complexity index is 1870. The largest absolute Gasteiger partial charge is 0.504 e. The summed E-state index contributed by atoms with van der Waals surface area (Å²) < 4.78 is 59.2. The second kappa shape index (κ2) is 15.5. The number of ether oxygens (including phenoxy) is 3. The fourth-order valence-electron chi connectivity index (χ4n) is 10.4. The Labute approximate surface area is 335 Å². The number of hydrogen-bond donors (Lipinski definition) is 3. The van der Waals surface area contributed by atoms with Crippen LogP contribution in [0.15, 0.2) is 66.7 Å². The maximum Gasteiger partial charge on any atom is 0.416 e. The molecule has 3 aromatic carbocycles. The fourth-order valence-corrected chi connectivity index (χ4v) is 11.2. The summed E-state index contributed by atoms with van der Waals surface area (Å²) >= 11 is 0. The zero-order valence-electron chi connectivity index (χ0n) is 33.6. The Hall–Kier alpha value is -3.13. The third-order valence-electron chi connectivity index (χ3n) is 13.6. The normalized spacial score (nSPS) is 28.6. The van der Waals surface area contributed by atoms with Crippen molar-refractivity contribution in [3.63, 3.8) is 0 Å². The summed E-state index contributed by atoms with van der Waals surface area (Å²) in [5.74, 6) is 1.55. The van der Waals surface area contributed by atoms with Crippen molar-refractivity contribution in [2.75, 3.05) is 39.5 Å². The van der Waals surface area contributed by atoms with Gasteiger partial charge in [0.2, 0.25) is 0 Å². The van der Waals surface area contributed by atoms with Gasteiger partial charge in [0, 0.05) is 52.3 Å². The SMILES string of the molecule is C[Si](C)(C)CCOCN(CCC[C@]1(O)CC[C@@]2(O)[C@H]3Cc4ccc(O)c5c4[C@@]2(CCN3CC2CC2)[C@H]1O5)CCC(Oc1ccc(C(F)(F)F)cc1)c1ccccc1. The summed E-state index contributed by atoms with van der Waals surface area (Å²) in [6, 6.07) is 19.2. The Kier molecular flexibility index (Phi) is 11.0. The van der Waals surface area contributed by atoms with E-state index in [1.54, 1.807) is 6.07 Å². The number of rotatable bonds is 17. The van der Waals surface area contributed by atoms with Crippen molar-refractivity contribution >= 4 is 8.07 Å². The lowest BCUT2D eigenvalue weighted by Crippen LogP contribution is -2.79. The molecule has 310 valence electrons. The highest BCUT2D eigenvalue weighted by molar-refractivity contribution is 6.76. The molecule has 3 aliphatic carbocycles. The predicted molar refractivity (Wildman–Crippen MR) is 215 cm³/mol. The number of aliphatic hydroxyl groups is 2. The topological polar surface area (TPSA) is 94.9 Å². The Morgan fingerprint density at radius 2 is 1.72 bits per heavy atom. The van der Waals surface area contributed by atoms with Crippen LogP contribution in [0.3, 0.4) is 0 Å². The van der Waals surface area contributed by atoms with Gasteiger partial charge < -0.3 is 29.5 Å². The van der Waals surface area contributed by atoms with Gasteiger partial charge >= 0.3 is 6.18 Å². The van der Waals surface area contributed by atoms with Crippen LogP contribution in [0.25, 0.3) is 0 Å². The van der Waals surface area contributed by atoms with Crippen LogP contribution in [-0.4, -0.2) is 96.1 Å². The molecule has 3 fully saturated rings. The molecular formula is C45H59F3N2O6Si. The molecule has 1 spiro atoms. The number of benzene rings is 3. The van der Waals surface area contributed by atoms with Crippen molar-refractivity contribution in [2.45, 2.75) is 125 Å². The molecule has 0 amide bonds.